The van der Waals surface area contributed by atoms with E-state index in [0.29, 0.717) is 0 Å². The van der Waals surface area contributed by atoms with E-state index in [1.807, 2.05) is 0 Å². The van der Waals surface area contributed by atoms with Crippen LogP contribution in [0.15, 0.2) is 42.5 Å². The average Bonchev–Trinajstić information content (AvgIpc) is 2.77. The van der Waals surface area contributed by atoms with Gasteiger partial charge < -0.3 is 24.8 Å². The number of amides is 2. The van der Waals surface area contributed by atoms with Crippen LogP contribution in [0, 0.1) is 0 Å². The molecule has 2 aromatic rings. The number of anilines is 2. The van der Waals surface area contributed by atoms with Crippen LogP contribution in [0.2, 0.25) is 0 Å². The fourth-order valence-corrected chi connectivity index (χ4v) is 2.86. The number of carbonyl (C=O) groups is 4. The molecular weight excluding hydrogens is 475 g/mol. The van der Waals surface area contributed by atoms with Crippen molar-refractivity contribution in [3.05, 3.63) is 53.6 Å². The van der Waals surface area contributed by atoms with Crippen LogP contribution < -0.4 is 15.4 Å². The van der Waals surface area contributed by atoms with Crippen molar-refractivity contribution in [1.82, 2.24) is 4.90 Å². The molecule has 2 amide bonds. The molecule has 0 spiro atoms. The smallest absolute Gasteiger partial charge is 0.465 e. The summed E-state index contributed by atoms with van der Waals surface area (Å²) in [5.74, 6) is -2.95. The number of hydrogen-bond acceptors (Lipinski definition) is 8. The molecule has 0 aromatic heterocycles. The minimum absolute atomic E-state index is 0.0186. The van der Waals surface area contributed by atoms with Crippen molar-refractivity contribution in [3.63, 3.8) is 0 Å². The first kappa shape index (κ1) is 27.1. The van der Waals surface area contributed by atoms with Crippen LogP contribution in [-0.4, -0.2) is 69.4 Å². The van der Waals surface area contributed by atoms with Crippen molar-refractivity contribution < 1.29 is 46.6 Å². The highest BCUT2D eigenvalue weighted by Crippen LogP contribution is 2.24. The van der Waals surface area contributed by atoms with E-state index >= 15 is 0 Å². The number of rotatable bonds is 9. The Bertz CT molecular complexity index is 1050. The van der Waals surface area contributed by atoms with E-state index in [0.717, 1.165) is 26.4 Å². The number of esters is 2. The van der Waals surface area contributed by atoms with E-state index < -0.39 is 35.9 Å². The number of nitrogens with zero attached hydrogens (tertiary/aromatic N) is 1. The fourth-order valence-electron chi connectivity index (χ4n) is 2.86. The molecule has 0 aliphatic carbocycles. The van der Waals surface area contributed by atoms with Crippen LogP contribution in [0.4, 0.5) is 24.5 Å². The van der Waals surface area contributed by atoms with Gasteiger partial charge in [0.05, 0.1) is 38.4 Å². The van der Waals surface area contributed by atoms with E-state index in [2.05, 4.69) is 24.8 Å². The first-order valence-corrected chi connectivity index (χ1v) is 9.86. The van der Waals surface area contributed by atoms with Crippen LogP contribution in [0.5, 0.6) is 5.75 Å². The molecule has 13 heteroatoms. The molecule has 0 saturated heterocycles. The molecule has 0 saturated carbocycles. The summed E-state index contributed by atoms with van der Waals surface area (Å²) in [6, 6.07) is 8.45. The lowest BCUT2D eigenvalue weighted by atomic mass is 10.1. The standard InChI is InChI=1S/C22H22F3N3O7/c1-28(11-18(29)26-15-4-6-17(7-5-15)35-22(23,24)25)12-19(30)27-16-9-13(20(31)33-2)8-14(10-16)21(32)34-3/h4-10H,11-12H2,1-3H3,(H,26,29)(H,27,30). The first-order valence-electron chi connectivity index (χ1n) is 9.86. The highest BCUT2D eigenvalue weighted by molar-refractivity contribution is 6.00. The molecule has 0 unspecified atom stereocenters. The third kappa shape index (κ3) is 8.97. The molecule has 2 aromatic carbocycles. The quantitative estimate of drug-likeness (QED) is 0.507. The third-order valence-corrected chi connectivity index (χ3v) is 4.26. The average molecular weight is 497 g/mol. The zero-order chi connectivity index (χ0) is 26.2. The maximum atomic E-state index is 12.4. The highest BCUT2D eigenvalue weighted by Gasteiger charge is 2.31. The van der Waals surface area contributed by atoms with Crippen molar-refractivity contribution >= 4 is 35.1 Å². The predicted molar refractivity (Wildman–Crippen MR) is 117 cm³/mol. The monoisotopic (exact) mass is 497 g/mol. The molecule has 2 rings (SSSR count). The fraction of sp³-hybridized carbons (Fsp3) is 0.273. The lowest BCUT2D eigenvalue weighted by Gasteiger charge is -2.17. The van der Waals surface area contributed by atoms with Crippen molar-refractivity contribution in [1.29, 1.82) is 0 Å². The molecule has 0 atom stereocenters. The minimum Gasteiger partial charge on any atom is -0.465 e. The third-order valence-electron chi connectivity index (χ3n) is 4.26. The van der Waals surface area contributed by atoms with Gasteiger partial charge in [-0.1, -0.05) is 0 Å². The largest absolute Gasteiger partial charge is 0.573 e. The molecule has 0 aliphatic heterocycles. The second-order valence-electron chi connectivity index (χ2n) is 7.12. The van der Waals surface area contributed by atoms with Crippen LogP contribution in [0.25, 0.3) is 0 Å². The van der Waals surface area contributed by atoms with E-state index in [-0.39, 0.29) is 35.6 Å². The summed E-state index contributed by atoms with van der Waals surface area (Å²) in [4.78, 5) is 49.6. The van der Waals surface area contributed by atoms with Gasteiger partial charge in [0.2, 0.25) is 11.8 Å². The summed E-state index contributed by atoms with van der Waals surface area (Å²) in [7, 11) is 3.82. The van der Waals surface area contributed by atoms with E-state index in [9.17, 15) is 32.3 Å². The van der Waals surface area contributed by atoms with Gasteiger partial charge in [0.25, 0.3) is 0 Å². The number of halogens is 3. The summed E-state index contributed by atoms with van der Waals surface area (Å²) in [5, 5.41) is 5.01. The molecule has 0 fully saturated rings. The number of nitrogens with one attached hydrogen (secondary N) is 2. The van der Waals surface area contributed by atoms with E-state index in [4.69, 9.17) is 0 Å². The van der Waals surface area contributed by atoms with Crippen molar-refractivity contribution in [2.75, 3.05) is 45.0 Å². The Morgan fingerprint density at radius 1 is 0.800 bits per heavy atom. The molecule has 188 valence electrons. The summed E-state index contributed by atoms with van der Waals surface area (Å²) in [6.45, 7) is -0.453. The lowest BCUT2D eigenvalue weighted by Crippen LogP contribution is -2.36. The molecule has 10 nitrogen and oxygen atoms in total. The van der Waals surface area contributed by atoms with Crippen LogP contribution in [0.3, 0.4) is 0 Å². The van der Waals surface area contributed by atoms with Crippen LogP contribution in [-0.2, 0) is 19.1 Å². The number of ether oxygens (including phenoxy) is 3. The zero-order valence-electron chi connectivity index (χ0n) is 18.9. The Morgan fingerprint density at radius 3 is 1.69 bits per heavy atom. The highest BCUT2D eigenvalue weighted by atomic mass is 19.4. The summed E-state index contributed by atoms with van der Waals surface area (Å²) in [6.07, 6.45) is -4.82. The SMILES string of the molecule is COC(=O)c1cc(NC(=O)CN(C)CC(=O)Nc2ccc(OC(F)(F)F)cc2)cc(C(=O)OC)c1. The second-order valence-corrected chi connectivity index (χ2v) is 7.12. The van der Waals surface area contributed by atoms with Gasteiger partial charge in [0, 0.05) is 11.4 Å². The Balaban J connectivity index is 1.94. The van der Waals surface area contributed by atoms with Gasteiger partial charge in [-0.2, -0.15) is 0 Å². The summed E-state index contributed by atoms with van der Waals surface area (Å²) in [5.41, 5.74) is 0.407. The number of benzene rings is 2. The van der Waals surface area contributed by atoms with Gasteiger partial charge in [-0.15, -0.1) is 13.2 Å². The number of alkyl halides is 3. The number of hydrogen-bond donors (Lipinski definition) is 2. The Morgan fingerprint density at radius 2 is 1.26 bits per heavy atom. The molecule has 0 heterocycles. The predicted octanol–water partition coefficient (Wildman–Crippen LogP) is 2.67. The Hall–Kier alpha value is -4.13. The van der Waals surface area contributed by atoms with Crippen molar-refractivity contribution in [2.45, 2.75) is 6.36 Å². The molecule has 35 heavy (non-hydrogen) atoms. The topological polar surface area (TPSA) is 123 Å². The van der Waals surface area contributed by atoms with Crippen LogP contribution >= 0.6 is 0 Å². The molecule has 2 N–H and O–H groups in total. The number of methoxy groups -OCH3 is 2. The van der Waals surface area contributed by atoms with Gasteiger partial charge >= 0.3 is 18.3 Å². The Labute approximate surface area is 197 Å². The molecular formula is C22H22F3N3O7. The normalized spacial score (nSPS) is 10.9. The number of likely N-dealkylation sites (N-methyl/N-ethyl adjacent to an activating group) is 1. The van der Waals surface area contributed by atoms with Crippen molar-refractivity contribution in [2.24, 2.45) is 0 Å². The maximum absolute atomic E-state index is 12.4. The zero-order valence-corrected chi connectivity index (χ0v) is 18.9. The van der Waals surface area contributed by atoms with Crippen molar-refractivity contribution in [3.8, 4) is 5.75 Å². The van der Waals surface area contributed by atoms with Gasteiger partial charge in [0.15, 0.2) is 0 Å². The molecule has 0 aliphatic rings. The van der Waals surface area contributed by atoms with Gasteiger partial charge in [-0.05, 0) is 49.5 Å². The molecule has 0 radical (unpaired) electrons. The lowest BCUT2D eigenvalue weighted by molar-refractivity contribution is -0.274. The summed E-state index contributed by atoms with van der Waals surface area (Å²) < 4.78 is 49.7. The Kier molecular flexibility index (Phi) is 9.17. The number of carbonyl (C=O) groups excluding carboxylic acids is 4. The van der Waals surface area contributed by atoms with Gasteiger partial charge in [0.1, 0.15) is 5.75 Å². The van der Waals surface area contributed by atoms with E-state index in [1.54, 1.807) is 0 Å². The van der Waals surface area contributed by atoms with Crippen LogP contribution in [0.1, 0.15) is 20.7 Å². The minimum atomic E-state index is -4.82. The van der Waals surface area contributed by atoms with E-state index in [1.165, 1.54) is 42.3 Å². The summed E-state index contributed by atoms with van der Waals surface area (Å²) >= 11 is 0. The van der Waals surface area contributed by atoms with Gasteiger partial charge in [-0.3, -0.25) is 14.5 Å². The second kappa shape index (κ2) is 11.8. The first-order chi connectivity index (χ1) is 16.4. The molecule has 0 bridgehead atoms. The maximum Gasteiger partial charge on any atom is 0.573 e. The van der Waals surface area contributed by atoms with Gasteiger partial charge in [-0.25, -0.2) is 9.59 Å².